The molecule has 6 nitrogen and oxygen atoms in total. The quantitative estimate of drug-likeness (QED) is 0.839. The molecule has 1 N–H and O–H groups in total. The van der Waals surface area contributed by atoms with Gasteiger partial charge in [0.2, 0.25) is 15.9 Å². The summed E-state index contributed by atoms with van der Waals surface area (Å²) in [5, 5.41) is 2.89. The van der Waals surface area contributed by atoms with Gasteiger partial charge in [-0.3, -0.25) is 4.79 Å². The number of piperidine rings is 1. The summed E-state index contributed by atoms with van der Waals surface area (Å²) < 4.78 is 27.3. The standard InChI is InChI=1S/C18H29N3O3S/c1-5-14(2)18(22)19-16-13-15(9-10-17(16)20(3)4)25(23,24)21-11-7-6-8-12-21/h9-10,13-14H,5-8,11-12H2,1-4H3,(H,19,22). The normalized spacial score (nSPS) is 17.1. The van der Waals surface area contributed by atoms with Gasteiger partial charge < -0.3 is 10.2 Å². The van der Waals surface area contributed by atoms with Crippen LogP contribution in [-0.2, 0) is 14.8 Å². The molecular weight excluding hydrogens is 338 g/mol. The van der Waals surface area contributed by atoms with Crippen molar-refractivity contribution in [1.29, 1.82) is 0 Å². The van der Waals surface area contributed by atoms with Crippen LogP contribution in [0.1, 0.15) is 39.5 Å². The molecule has 2 rings (SSSR count). The summed E-state index contributed by atoms with van der Waals surface area (Å²) >= 11 is 0. The lowest BCUT2D eigenvalue weighted by molar-refractivity contribution is -0.119. The molecule has 0 saturated carbocycles. The van der Waals surface area contributed by atoms with Crippen molar-refractivity contribution in [2.45, 2.75) is 44.4 Å². The van der Waals surface area contributed by atoms with Crippen LogP contribution < -0.4 is 10.2 Å². The summed E-state index contributed by atoms with van der Waals surface area (Å²) in [5.41, 5.74) is 1.32. The molecule has 140 valence electrons. The Kier molecular flexibility index (Phi) is 6.46. The first-order chi connectivity index (χ1) is 11.8. The third-order valence-corrected chi connectivity index (χ3v) is 6.62. The average Bonchev–Trinajstić information content (AvgIpc) is 2.61. The molecule has 0 bridgehead atoms. The van der Waals surface area contributed by atoms with Crippen LogP contribution in [0.5, 0.6) is 0 Å². The van der Waals surface area contributed by atoms with E-state index in [4.69, 9.17) is 0 Å². The van der Waals surface area contributed by atoms with Crippen LogP contribution in [0.2, 0.25) is 0 Å². The number of rotatable bonds is 6. The van der Waals surface area contributed by atoms with E-state index >= 15 is 0 Å². The van der Waals surface area contributed by atoms with Crippen LogP contribution in [0.4, 0.5) is 11.4 Å². The fourth-order valence-corrected chi connectivity index (χ4v) is 4.41. The van der Waals surface area contributed by atoms with Crippen molar-refractivity contribution in [3.05, 3.63) is 18.2 Å². The molecule has 7 heteroatoms. The van der Waals surface area contributed by atoms with Gasteiger partial charge in [0.15, 0.2) is 0 Å². The number of carbonyl (C=O) groups is 1. The van der Waals surface area contributed by atoms with E-state index < -0.39 is 10.0 Å². The maximum absolute atomic E-state index is 12.9. The van der Waals surface area contributed by atoms with Gasteiger partial charge in [0.05, 0.1) is 16.3 Å². The van der Waals surface area contributed by atoms with Gasteiger partial charge in [0, 0.05) is 33.1 Å². The number of nitrogens with one attached hydrogen (secondary N) is 1. The Morgan fingerprint density at radius 3 is 2.44 bits per heavy atom. The van der Waals surface area contributed by atoms with Gasteiger partial charge >= 0.3 is 0 Å². The summed E-state index contributed by atoms with van der Waals surface area (Å²) in [6, 6.07) is 4.96. The highest BCUT2D eigenvalue weighted by Gasteiger charge is 2.27. The zero-order valence-electron chi connectivity index (χ0n) is 15.6. The maximum Gasteiger partial charge on any atom is 0.243 e. The van der Waals surface area contributed by atoms with Crippen molar-refractivity contribution in [3.8, 4) is 0 Å². The molecule has 1 aliphatic rings. The highest BCUT2D eigenvalue weighted by molar-refractivity contribution is 7.89. The molecule has 0 aromatic heterocycles. The number of hydrogen-bond acceptors (Lipinski definition) is 4. The second-order valence-electron chi connectivity index (χ2n) is 6.84. The SMILES string of the molecule is CCC(C)C(=O)Nc1cc(S(=O)(=O)N2CCCCC2)ccc1N(C)C. The molecule has 1 aromatic rings. The highest BCUT2D eigenvalue weighted by atomic mass is 32.2. The molecule has 1 aliphatic heterocycles. The van der Waals surface area contributed by atoms with Crippen LogP contribution >= 0.6 is 0 Å². The topological polar surface area (TPSA) is 69.7 Å². The summed E-state index contributed by atoms with van der Waals surface area (Å²) in [7, 11) is 0.211. The fourth-order valence-electron chi connectivity index (χ4n) is 2.86. The second-order valence-corrected chi connectivity index (χ2v) is 8.77. The molecule has 1 unspecified atom stereocenters. The zero-order chi connectivity index (χ0) is 18.6. The van der Waals surface area contributed by atoms with Crippen LogP contribution in [-0.4, -0.2) is 45.8 Å². The Balaban J connectivity index is 2.37. The van der Waals surface area contributed by atoms with Gasteiger partial charge in [-0.25, -0.2) is 8.42 Å². The summed E-state index contributed by atoms with van der Waals surface area (Å²) in [6.45, 7) is 4.94. The van der Waals surface area contributed by atoms with E-state index in [1.807, 2.05) is 32.8 Å². The first kappa shape index (κ1) is 19.7. The minimum Gasteiger partial charge on any atom is -0.376 e. The second kappa shape index (κ2) is 8.19. The average molecular weight is 368 g/mol. The van der Waals surface area contributed by atoms with Crippen LogP contribution in [0.15, 0.2) is 23.1 Å². The Hall–Kier alpha value is -1.60. The molecule has 1 atom stereocenters. The lowest BCUT2D eigenvalue weighted by atomic mass is 10.1. The van der Waals surface area contributed by atoms with Crippen molar-refractivity contribution in [3.63, 3.8) is 0 Å². The minimum absolute atomic E-state index is 0.0990. The minimum atomic E-state index is -3.53. The largest absolute Gasteiger partial charge is 0.376 e. The third kappa shape index (κ3) is 4.52. The van der Waals surface area contributed by atoms with Crippen molar-refractivity contribution in [1.82, 2.24) is 4.31 Å². The van der Waals surface area contributed by atoms with E-state index in [2.05, 4.69) is 5.32 Å². The Morgan fingerprint density at radius 1 is 1.24 bits per heavy atom. The van der Waals surface area contributed by atoms with E-state index in [1.54, 1.807) is 22.5 Å². The van der Waals surface area contributed by atoms with Gasteiger partial charge in [-0.05, 0) is 37.5 Å². The van der Waals surface area contributed by atoms with Crippen LogP contribution in [0.3, 0.4) is 0 Å². The number of carbonyl (C=O) groups excluding carboxylic acids is 1. The molecule has 25 heavy (non-hydrogen) atoms. The predicted octanol–water partition coefficient (Wildman–Crippen LogP) is 2.91. The molecular formula is C18H29N3O3S. The van der Waals surface area contributed by atoms with Crippen molar-refractivity contribution >= 4 is 27.3 Å². The van der Waals surface area contributed by atoms with Gasteiger partial charge in [-0.1, -0.05) is 20.3 Å². The van der Waals surface area contributed by atoms with Crippen LogP contribution in [0.25, 0.3) is 0 Å². The molecule has 0 aliphatic carbocycles. The Morgan fingerprint density at radius 2 is 1.88 bits per heavy atom. The van der Waals surface area contributed by atoms with E-state index in [-0.39, 0.29) is 16.7 Å². The molecule has 0 radical (unpaired) electrons. The van der Waals surface area contributed by atoms with E-state index in [1.165, 1.54) is 0 Å². The lowest BCUT2D eigenvalue weighted by Gasteiger charge is -2.27. The maximum atomic E-state index is 12.9. The molecule has 1 fully saturated rings. The van der Waals surface area contributed by atoms with Crippen LogP contribution in [0, 0.1) is 5.92 Å². The lowest BCUT2D eigenvalue weighted by Crippen LogP contribution is -2.35. The first-order valence-corrected chi connectivity index (χ1v) is 10.3. The highest BCUT2D eigenvalue weighted by Crippen LogP contribution is 2.30. The van der Waals surface area contributed by atoms with Gasteiger partial charge in [0.25, 0.3) is 0 Å². The molecule has 1 heterocycles. The molecule has 0 spiro atoms. The summed E-state index contributed by atoms with van der Waals surface area (Å²) in [4.78, 5) is 14.4. The van der Waals surface area contributed by atoms with Crippen molar-refractivity contribution in [2.75, 3.05) is 37.4 Å². The van der Waals surface area contributed by atoms with E-state index in [0.29, 0.717) is 18.8 Å². The van der Waals surface area contributed by atoms with E-state index in [9.17, 15) is 13.2 Å². The number of nitrogens with zero attached hydrogens (tertiary/aromatic N) is 2. The monoisotopic (exact) mass is 367 g/mol. The number of sulfonamides is 1. The van der Waals surface area contributed by atoms with Gasteiger partial charge in [0.1, 0.15) is 0 Å². The molecule has 1 saturated heterocycles. The van der Waals surface area contributed by atoms with E-state index in [0.717, 1.165) is 31.4 Å². The Bertz CT molecular complexity index is 710. The zero-order valence-corrected chi connectivity index (χ0v) is 16.4. The number of anilines is 2. The predicted molar refractivity (Wildman–Crippen MR) is 101 cm³/mol. The third-order valence-electron chi connectivity index (χ3n) is 4.72. The molecule has 1 amide bonds. The number of amides is 1. The van der Waals surface area contributed by atoms with Gasteiger partial charge in [-0.15, -0.1) is 0 Å². The fraction of sp³-hybridized carbons (Fsp3) is 0.611. The number of benzene rings is 1. The summed E-state index contributed by atoms with van der Waals surface area (Å²) in [5.74, 6) is -0.226. The smallest absolute Gasteiger partial charge is 0.243 e. The van der Waals surface area contributed by atoms with Crippen molar-refractivity contribution < 1.29 is 13.2 Å². The molecule has 1 aromatic carbocycles. The Labute approximate surface area is 151 Å². The summed E-state index contributed by atoms with van der Waals surface area (Å²) in [6.07, 6.45) is 3.59. The van der Waals surface area contributed by atoms with Gasteiger partial charge in [-0.2, -0.15) is 4.31 Å². The van der Waals surface area contributed by atoms with Crippen molar-refractivity contribution in [2.24, 2.45) is 5.92 Å². The first-order valence-electron chi connectivity index (χ1n) is 8.89. The number of hydrogen-bond donors (Lipinski definition) is 1.